The van der Waals surface area contributed by atoms with Crippen LogP contribution in [0.4, 0.5) is 47.8 Å². The zero-order valence-electron chi connectivity index (χ0n) is 20.5. The van der Waals surface area contributed by atoms with Crippen molar-refractivity contribution in [1.29, 1.82) is 0 Å². The van der Waals surface area contributed by atoms with E-state index in [1.165, 1.54) is 12.1 Å². The van der Waals surface area contributed by atoms with Gasteiger partial charge in [-0.25, -0.2) is 17.6 Å². The predicted molar refractivity (Wildman–Crippen MR) is 148 cm³/mol. The van der Waals surface area contributed by atoms with Crippen LogP contribution in [0, 0.1) is 23.3 Å². The van der Waals surface area contributed by atoms with Gasteiger partial charge in [-0.05, 0) is 54.2 Å². The molecule has 0 spiro atoms. The Labute approximate surface area is 239 Å². The summed E-state index contributed by atoms with van der Waals surface area (Å²) < 4.78 is 95.9. The largest absolute Gasteiger partial charge is 0.422 e. The first-order valence-electron chi connectivity index (χ1n) is 11.6. The third-order valence-electron chi connectivity index (χ3n) is 5.53. The predicted octanol–water partition coefficient (Wildman–Crippen LogP) is 8.54. The minimum atomic E-state index is -5.71. The summed E-state index contributed by atoms with van der Waals surface area (Å²) in [7, 11) is 0. The van der Waals surface area contributed by atoms with Crippen LogP contribution in [0.5, 0.6) is 0 Å². The number of carbonyl (C=O) groups is 1. The van der Waals surface area contributed by atoms with Gasteiger partial charge in [0.2, 0.25) is 5.91 Å². The van der Waals surface area contributed by atoms with Crippen molar-refractivity contribution in [3.8, 4) is 0 Å². The van der Waals surface area contributed by atoms with E-state index in [9.17, 15) is 35.5 Å². The van der Waals surface area contributed by atoms with Crippen molar-refractivity contribution in [2.45, 2.75) is 16.3 Å². The quantitative estimate of drug-likeness (QED) is 0.0849. The van der Waals surface area contributed by atoms with E-state index in [4.69, 9.17) is 12.2 Å². The van der Waals surface area contributed by atoms with Crippen molar-refractivity contribution in [3.63, 3.8) is 0 Å². The van der Waals surface area contributed by atoms with Crippen molar-refractivity contribution in [2.75, 3.05) is 16.0 Å². The van der Waals surface area contributed by atoms with Gasteiger partial charge in [0.05, 0.1) is 0 Å². The van der Waals surface area contributed by atoms with Gasteiger partial charge in [0.1, 0.15) is 16.5 Å². The molecule has 0 aromatic heterocycles. The van der Waals surface area contributed by atoms with E-state index < -0.39 is 51.9 Å². The van der Waals surface area contributed by atoms with Crippen LogP contribution in [-0.4, -0.2) is 11.0 Å². The van der Waals surface area contributed by atoms with Crippen LogP contribution in [0.3, 0.4) is 0 Å². The summed E-state index contributed by atoms with van der Waals surface area (Å²) in [5.74, 6) is -11.2. The molecule has 0 saturated carbocycles. The normalized spacial score (nSPS) is 12.0. The molecule has 0 fully saturated rings. The second-order valence-corrected chi connectivity index (χ2v) is 9.96. The molecule has 0 aliphatic heterocycles. The Bertz CT molecular complexity index is 1520. The van der Waals surface area contributed by atoms with Gasteiger partial charge in [0.25, 0.3) is 0 Å². The van der Waals surface area contributed by atoms with Crippen molar-refractivity contribution >= 4 is 52.1 Å². The van der Waals surface area contributed by atoms with Crippen LogP contribution >= 0.6 is 24.0 Å². The Kier molecular flexibility index (Phi) is 9.18. The van der Waals surface area contributed by atoms with Crippen LogP contribution < -0.4 is 16.0 Å². The van der Waals surface area contributed by atoms with E-state index >= 15 is 0 Å². The summed E-state index contributed by atoms with van der Waals surface area (Å²) >= 11 is 6.22. The van der Waals surface area contributed by atoms with Gasteiger partial charge < -0.3 is 16.0 Å². The van der Waals surface area contributed by atoms with Crippen molar-refractivity contribution in [3.05, 3.63) is 119 Å². The monoisotopic (exact) mass is 609 g/mol. The molecule has 0 radical (unpaired) electrons. The number of carbonyl (C=O) groups excluding carboxylic acids is 1. The lowest BCUT2D eigenvalue weighted by Crippen LogP contribution is -2.23. The van der Waals surface area contributed by atoms with Gasteiger partial charge in [0.15, 0.2) is 28.4 Å². The summed E-state index contributed by atoms with van der Waals surface area (Å²) in [5.41, 5.74) is -2.68. The lowest BCUT2D eigenvalue weighted by Gasteiger charge is -2.19. The Morgan fingerprint density at radius 2 is 1.17 bits per heavy atom. The van der Waals surface area contributed by atoms with Gasteiger partial charge in [-0.1, -0.05) is 48.5 Å². The lowest BCUT2D eigenvalue weighted by molar-refractivity contribution is -0.143. The third-order valence-corrected chi connectivity index (χ3v) is 7.00. The maximum absolute atomic E-state index is 14.4. The highest BCUT2D eigenvalue weighted by molar-refractivity contribution is 8.00. The highest BCUT2D eigenvalue weighted by Crippen LogP contribution is 2.40. The van der Waals surface area contributed by atoms with E-state index in [1.807, 2.05) is 30.3 Å². The number of rotatable bonds is 7. The molecular formula is C28H18F7N3OS2. The maximum Gasteiger partial charge on any atom is 0.422 e. The lowest BCUT2D eigenvalue weighted by atomic mass is 10.1. The Hall–Kier alpha value is -4.10. The van der Waals surface area contributed by atoms with Crippen LogP contribution in [0.15, 0.2) is 89.8 Å². The number of hydrogen-bond donors (Lipinski definition) is 3. The molecule has 0 heterocycles. The first-order chi connectivity index (χ1) is 19.5. The van der Waals surface area contributed by atoms with E-state index in [2.05, 4.69) is 10.6 Å². The number of benzene rings is 4. The number of hydrogen-bond acceptors (Lipinski definition) is 3. The van der Waals surface area contributed by atoms with Gasteiger partial charge in [-0.2, -0.15) is 13.2 Å². The van der Waals surface area contributed by atoms with Gasteiger partial charge in [0, 0.05) is 16.3 Å². The Morgan fingerprint density at radius 3 is 1.68 bits per heavy atom. The molecule has 0 bridgehead atoms. The molecule has 212 valence electrons. The molecule has 4 aromatic rings. The molecule has 4 aromatic carbocycles. The van der Waals surface area contributed by atoms with Gasteiger partial charge in [-0.3, -0.25) is 4.79 Å². The average Bonchev–Trinajstić information content (AvgIpc) is 2.94. The number of amides is 1. The minimum absolute atomic E-state index is 0.318. The highest BCUT2D eigenvalue weighted by atomic mass is 32.2. The zero-order valence-corrected chi connectivity index (χ0v) is 22.2. The first kappa shape index (κ1) is 29.9. The zero-order chi connectivity index (χ0) is 29.7. The second kappa shape index (κ2) is 12.6. The molecule has 4 nitrogen and oxygen atoms in total. The maximum atomic E-state index is 14.4. The topological polar surface area (TPSA) is 53.2 Å². The fourth-order valence-corrected chi connectivity index (χ4v) is 4.91. The Balaban J connectivity index is 1.55. The van der Waals surface area contributed by atoms with Gasteiger partial charge in [-0.15, -0.1) is 11.8 Å². The fraction of sp³-hybridized carbons (Fsp3) is 0.0714. The van der Waals surface area contributed by atoms with E-state index in [0.29, 0.717) is 21.3 Å². The van der Waals surface area contributed by atoms with Crippen LogP contribution in [-0.2, 0) is 11.0 Å². The average molecular weight is 610 g/mol. The number of thioether (sulfide) groups is 1. The number of alkyl halides is 3. The van der Waals surface area contributed by atoms with E-state index in [1.54, 1.807) is 47.8 Å². The van der Waals surface area contributed by atoms with Crippen LogP contribution in [0.25, 0.3) is 0 Å². The smallest absolute Gasteiger partial charge is 0.332 e. The molecule has 41 heavy (non-hydrogen) atoms. The SMILES string of the molecule is O=C(Nc1c(F)c(F)c(C(F)(F)F)c(F)c1F)C(Sc1ccc(NC(=S)Nc2ccccc2)cc1)c1ccccc1. The Morgan fingerprint density at radius 1 is 0.683 bits per heavy atom. The second-order valence-electron chi connectivity index (χ2n) is 8.37. The molecule has 0 aliphatic carbocycles. The number of anilines is 3. The molecule has 13 heteroatoms. The minimum Gasteiger partial charge on any atom is -0.332 e. The molecule has 1 atom stereocenters. The van der Waals surface area contributed by atoms with Crippen LogP contribution in [0.2, 0.25) is 0 Å². The van der Waals surface area contributed by atoms with Gasteiger partial charge >= 0.3 is 6.18 Å². The van der Waals surface area contributed by atoms with Crippen molar-refractivity contribution in [2.24, 2.45) is 0 Å². The third kappa shape index (κ3) is 7.16. The molecule has 1 unspecified atom stereocenters. The molecular weight excluding hydrogens is 591 g/mol. The van der Waals surface area contributed by atoms with E-state index in [0.717, 1.165) is 17.4 Å². The summed E-state index contributed by atoms with van der Waals surface area (Å²) in [6, 6.07) is 23.6. The first-order valence-corrected chi connectivity index (χ1v) is 12.9. The fourth-order valence-electron chi connectivity index (χ4n) is 3.65. The molecule has 0 aliphatic rings. The summed E-state index contributed by atoms with van der Waals surface area (Å²) in [6.45, 7) is 0. The summed E-state index contributed by atoms with van der Waals surface area (Å²) in [4.78, 5) is 13.6. The molecule has 1 amide bonds. The van der Waals surface area contributed by atoms with Crippen molar-refractivity contribution in [1.82, 2.24) is 0 Å². The van der Waals surface area contributed by atoms with Crippen LogP contribution in [0.1, 0.15) is 16.4 Å². The highest BCUT2D eigenvalue weighted by Gasteiger charge is 2.42. The molecule has 3 N–H and O–H groups in total. The summed E-state index contributed by atoms with van der Waals surface area (Å²) in [5, 5.41) is 6.83. The number of thiocarbonyl (C=S) groups is 1. The number of nitrogens with one attached hydrogen (secondary N) is 3. The molecule has 4 rings (SSSR count). The number of para-hydroxylation sites is 1. The van der Waals surface area contributed by atoms with Crippen molar-refractivity contribution < 1.29 is 35.5 Å². The van der Waals surface area contributed by atoms with E-state index in [-0.39, 0.29) is 0 Å². The summed E-state index contributed by atoms with van der Waals surface area (Å²) in [6.07, 6.45) is -5.71. The standard InChI is InChI=1S/C28H18F7N3OS2/c29-20-19(28(33,34)35)21(30)23(32)24(22(20)31)38-26(39)25(15-7-3-1-4-8-15)41-18-13-11-17(12-14-18)37-27(40)36-16-9-5-2-6-10-16/h1-14,25H,(H,38,39)(H2,36,37,40). The molecule has 0 saturated heterocycles. The number of halogens is 7.